The molecule has 0 fully saturated rings. The fourth-order valence-electron chi connectivity index (χ4n) is 1.94. The lowest BCUT2D eigenvalue weighted by Crippen LogP contribution is -2.10. The first-order valence-electron chi connectivity index (χ1n) is 7.26. The Bertz CT molecular complexity index is 472. The molecule has 0 bridgehead atoms. The monoisotopic (exact) mass is 293 g/mol. The number of hydrogen-bond donors (Lipinski definition) is 0. The van der Waals surface area contributed by atoms with Crippen LogP contribution in [0.3, 0.4) is 0 Å². The van der Waals surface area contributed by atoms with Gasteiger partial charge in [0.05, 0.1) is 25.5 Å². The van der Waals surface area contributed by atoms with E-state index in [0.717, 1.165) is 30.5 Å². The van der Waals surface area contributed by atoms with E-state index in [1.54, 1.807) is 7.11 Å². The Morgan fingerprint density at radius 1 is 1.05 bits per heavy atom. The summed E-state index contributed by atoms with van der Waals surface area (Å²) in [5.41, 5.74) is 2.30. The van der Waals surface area contributed by atoms with Crippen molar-refractivity contribution in [3.05, 3.63) is 16.8 Å². The average Bonchev–Trinajstić information content (AvgIpc) is 2.52. The van der Waals surface area contributed by atoms with Crippen molar-refractivity contribution in [2.75, 3.05) is 33.5 Å². The zero-order valence-electron chi connectivity index (χ0n) is 13.0. The molecule has 0 radical (unpaired) electrons. The molecule has 0 unspecified atom stereocenters. The highest BCUT2D eigenvalue weighted by atomic mass is 16.5. The fourth-order valence-corrected chi connectivity index (χ4v) is 1.94. The van der Waals surface area contributed by atoms with Gasteiger partial charge in [0.25, 0.3) is 5.88 Å². The molecular formula is C15H23N3O3. The summed E-state index contributed by atoms with van der Waals surface area (Å²) in [5.74, 6) is 0.323. The van der Waals surface area contributed by atoms with Gasteiger partial charge in [-0.2, -0.15) is 10.4 Å². The van der Waals surface area contributed by atoms with Crippen LogP contribution < -0.4 is 4.74 Å². The van der Waals surface area contributed by atoms with Crippen molar-refractivity contribution in [3.8, 4) is 11.9 Å². The van der Waals surface area contributed by atoms with E-state index in [1.807, 2.05) is 13.8 Å². The van der Waals surface area contributed by atoms with Gasteiger partial charge in [0.1, 0.15) is 11.6 Å². The molecule has 0 saturated heterocycles. The molecule has 0 aliphatic carbocycles. The van der Waals surface area contributed by atoms with Gasteiger partial charge >= 0.3 is 0 Å². The van der Waals surface area contributed by atoms with Gasteiger partial charge in [-0.15, -0.1) is 5.10 Å². The average molecular weight is 293 g/mol. The minimum Gasteiger partial charge on any atom is -0.476 e. The molecule has 6 nitrogen and oxygen atoms in total. The number of hydrogen-bond acceptors (Lipinski definition) is 6. The Hall–Kier alpha value is -1.71. The molecule has 0 amide bonds. The lowest BCUT2D eigenvalue weighted by Gasteiger charge is -2.11. The van der Waals surface area contributed by atoms with Crippen LogP contribution in [-0.4, -0.2) is 43.7 Å². The number of aryl methyl sites for hydroxylation is 1. The molecule has 116 valence electrons. The van der Waals surface area contributed by atoms with Crippen LogP contribution in [0, 0.1) is 11.3 Å². The normalized spacial score (nSPS) is 10.4. The lowest BCUT2D eigenvalue weighted by atomic mass is 10.0. The number of ether oxygens (including phenoxy) is 3. The fraction of sp³-hybridized carbons (Fsp3) is 0.667. The van der Waals surface area contributed by atoms with E-state index in [9.17, 15) is 5.26 Å². The van der Waals surface area contributed by atoms with Gasteiger partial charge < -0.3 is 14.2 Å². The van der Waals surface area contributed by atoms with E-state index in [4.69, 9.17) is 14.2 Å². The maximum absolute atomic E-state index is 9.31. The second kappa shape index (κ2) is 10.1. The molecule has 0 N–H and O–H groups in total. The predicted molar refractivity (Wildman–Crippen MR) is 78.3 cm³/mol. The van der Waals surface area contributed by atoms with Crippen molar-refractivity contribution in [1.82, 2.24) is 10.2 Å². The van der Waals surface area contributed by atoms with Gasteiger partial charge in [0.2, 0.25) is 0 Å². The molecule has 0 saturated carbocycles. The van der Waals surface area contributed by atoms with E-state index < -0.39 is 0 Å². The molecule has 1 heterocycles. The zero-order valence-corrected chi connectivity index (χ0v) is 13.0. The lowest BCUT2D eigenvalue weighted by molar-refractivity contribution is 0.0641. The number of aromatic nitrogens is 2. The Kier molecular flexibility index (Phi) is 8.32. The van der Waals surface area contributed by atoms with Crippen LogP contribution in [0.1, 0.15) is 37.1 Å². The highest BCUT2D eigenvalue weighted by Gasteiger charge is 2.15. The molecule has 1 rings (SSSR count). The van der Waals surface area contributed by atoms with Gasteiger partial charge in [-0.25, -0.2) is 0 Å². The Morgan fingerprint density at radius 2 is 1.86 bits per heavy atom. The zero-order chi connectivity index (χ0) is 15.5. The summed E-state index contributed by atoms with van der Waals surface area (Å²) in [6.07, 6.45) is 2.24. The quantitative estimate of drug-likeness (QED) is 0.613. The third-order valence-corrected chi connectivity index (χ3v) is 3.03. The van der Waals surface area contributed by atoms with Crippen molar-refractivity contribution in [2.24, 2.45) is 0 Å². The Labute approximate surface area is 126 Å². The van der Waals surface area contributed by atoms with Crippen LogP contribution >= 0.6 is 0 Å². The molecule has 0 spiro atoms. The Balaban J connectivity index is 2.54. The summed E-state index contributed by atoms with van der Waals surface area (Å²) in [6, 6.07) is 2.18. The van der Waals surface area contributed by atoms with Crippen molar-refractivity contribution < 1.29 is 14.2 Å². The molecule has 21 heavy (non-hydrogen) atoms. The first kappa shape index (κ1) is 17.3. The first-order valence-corrected chi connectivity index (χ1v) is 7.26. The molecule has 0 aliphatic rings. The number of methoxy groups -OCH3 is 1. The van der Waals surface area contributed by atoms with Crippen LogP contribution in [0.5, 0.6) is 5.88 Å². The largest absolute Gasteiger partial charge is 0.476 e. The first-order chi connectivity index (χ1) is 10.3. The summed E-state index contributed by atoms with van der Waals surface area (Å²) in [5, 5.41) is 17.5. The standard InChI is InChI=1S/C15H23N3O3/c1-4-12-13(11-16)15(18-17-14(12)5-2)21-8-6-7-20-10-9-19-3/h4-10H2,1-3H3. The van der Waals surface area contributed by atoms with Gasteiger partial charge in [0, 0.05) is 20.1 Å². The topological polar surface area (TPSA) is 77.3 Å². The third-order valence-electron chi connectivity index (χ3n) is 3.03. The van der Waals surface area contributed by atoms with Crippen LogP contribution in [-0.2, 0) is 22.3 Å². The second-order valence-electron chi connectivity index (χ2n) is 4.43. The summed E-state index contributed by atoms with van der Waals surface area (Å²) in [7, 11) is 1.64. The molecule has 1 aromatic rings. The smallest absolute Gasteiger partial charge is 0.251 e. The second-order valence-corrected chi connectivity index (χ2v) is 4.43. The van der Waals surface area contributed by atoms with Gasteiger partial charge in [-0.3, -0.25) is 0 Å². The summed E-state index contributed by atoms with van der Waals surface area (Å²) < 4.78 is 15.8. The number of nitriles is 1. The molecule has 0 aliphatic heterocycles. The highest BCUT2D eigenvalue weighted by molar-refractivity contribution is 5.46. The van der Waals surface area contributed by atoms with Crippen molar-refractivity contribution in [2.45, 2.75) is 33.1 Å². The van der Waals surface area contributed by atoms with Crippen LogP contribution in [0.4, 0.5) is 0 Å². The minimum atomic E-state index is 0.323. The van der Waals surface area contributed by atoms with Crippen molar-refractivity contribution >= 4 is 0 Å². The number of nitrogens with zero attached hydrogens (tertiary/aromatic N) is 3. The van der Waals surface area contributed by atoms with Gasteiger partial charge in [0.15, 0.2) is 0 Å². The van der Waals surface area contributed by atoms with E-state index in [-0.39, 0.29) is 0 Å². The summed E-state index contributed by atoms with van der Waals surface area (Å²) in [6.45, 7) is 6.21. The van der Waals surface area contributed by atoms with E-state index in [1.165, 1.54) is 0 Å². The van der Waals surface area contributed by atoms with Gasteiger partial charge in [-0.05, 0) is 18.4 Å². The predicted octanol–water partition coefficient (Wildman–Crippen LogP) is 1.90. The Morgan fingerprint density at radius 3 is 2.48 bits per heavy atom. The number of rotatable bonds is 10. The molecule has 1 aromatic heterocycles. The van der Waals surface area contributed by atoms with Crippen molar-refractivity contribution in [3.63, 3.8) is 0 Å². The molecule has 6 heteroatoms. The van der Waals surface area contributed by atoms with E-state index >= 15 is 0 Å². The summed E-state index contributed by atoms with van der Waals surface area (Å²) in [4.78, 5) is 0. The van der Waals surface area contributed by atoms with E-state index in [0.29, 0.717) is 37.9 Å². The summed E-state index contributed by atoms with van der Waals surface area (Å²) >= 11 is 0. The maximum Gasteiger partial charge on any atom is 0.251 e. The minimum absolute atomic E-state index is 0.323. The SMILES string of the molecule is CCc1nnc(OCCCOCCOC)c(C#N)c1CC. The third kappa shape index (κ3) is 5.29. The van der Waals surface area contributed by atoms with Crippen molar-refractivity contribution in [1.29, 1.82) is 5.26 Å². The molecule has 0 aromatic carbocycles. The molecule has 0 atom stereocenters. The highest BCUT2D eigenvalue weighted by Crippen LogP contribution is 2.21. The van der Waals surface area contributed by atoms with Gasteiger partial charge in [-0.1, -0.05) is 13.8 Å². The van der Waals surface area contributed by atoms with Crippen LogP contribution in [0.2, 0.25) is 0 Å². The van der Waals surface area contributed by atoms with Crippen LogP contribution in [0.15, 0.2) is 0 Å². The van der Waals surface area contributed by atoms with E-state index in [2.05, 4.69) is 16.3 Å². The van der Waals surface area contributed by atoms with Crippen LogP contribution in [0.25, 0.3) is 0 Å². The maximum atomic E-state index is 9.31. The molecular weight excluding hydrogens is 270 g/mol.